The monoisotopic (exact) mass is 467 g/mol. The molecule has 0 spiro atoms. The third kappa shape index (κ3) is 6.64. The zero-order valence-corrected chi connectivity index (χ0v) is 18.8. The van der Waals surface area contributed by atoms with Crippen molar-refractivity contribution < 1.29 is 23.1 Å². The first-order valence-electron chi connectivity index (χ1n) is 9.98. The predicted molar refractivity (Wildman–Crippen MR) is 117 cm³/mol. The summed E-state index contributed by atoms with van der Waals surface area (Å²) in [6.45, 7) is 3.01. The molecule has 2 heterocycles. The van der Waals surface area contributed by atoms with Crippen LogP contribution in [0, 0.1) is 6.92 Å². The van der Waals surface area contributed by atoms with Crippen LogP contribution in [-0.4, -0.2) is 53.9 Å². The lowest BCUT2D eigenvalue weighted by atomic mass is 10.1. The highest BCUT2D eigenvalue weighted by atomic mass is 35.5. The number of nitrogens with zero attached hydrogens (tertiary/aromatic N) is 2. The van der Waals surface area contributed by atoms with Crippen molar-refractivity contribution in [3.05, 3.63) is 64.4 Å². The molecule has 0 saturated carbocycles. The first kappa shape index (κ1) is 23.5. The zero-order chi connectivity index (χ0) is 22.4. The highest BCUT2D eigenvalue weighted by Gasteiger charge is 2.31. The van der Waals surface area contributed by atoms with Crippen molar-refractivity contribution in [2.24, 2.45) is 0 Å². The Balaban J connectivity index is 1.55. The number of nitrogens with one attached hydrogen (secondary N) is 1. The average molecular weight is 468 g/mol. The van der Waals surface area contributed by atoms with Crippen LogP contribution >= 0.6 is 11.6 Å². The van der Waals surface area contributed by atoms with E-state index in [-0.39, 0.29) is 11.9 Å². The quantitative estimate of drug-likeness (QED) is 0.616. The summed E-state index contributed by atoms with van der Waals surface area (Å²) >= 11 is 6.15. The fourth-order valence-corrected chi connectivity index (χ4v) is 5.36. The van der Waals surface area contributed by atoms with Gasteiger partial charge >= 0.3 is 6.09 Å². The fraction of sp³-hybridized carbons (Fsp3) is 0.429. The van der Waals surface area contributed by atoms with Gasteiger partial charge < -0.3 is 15.2 Å². The Bertz CT molecular complexity index is 995. The molecule has 3 rings (SSSR count). The van der Waals surface area contributed by atoms with E-state index in [1.807, 2.05) is 25.1 Å². The molecule has 31 heavy (non-hydrogen) atoms. The smallest absolute Gasteiger partial charge is 0.405 e. The number of pyridine rings is 1. The maximum atomic E-state index is 12.9. The second-order valence-corrected chi connectivity index (χ2v) is 9.98. The van der Waals surface area contributed by atoms with Gasteiger partial charge in [-0.1, -0.05) is 29.8 Å². The van der Waals surface area contributed by atoms with Gasteiger partial charge in [0.15, 0.2) is 0 Å². The third-order valence-electron chi connectivity index (χ3n) is 5.28. The molecule has 1 aliphatic heterocycles. The molecule has 2 N–H and O–H groups in total. The molecule has 10 heteroatoms. The van der Waals surface area contributed by atoms with E-state index in [4.69, 9.17) is 21.4 Å². The number of ether oxygens (including phenoxy) is 1. The molecule has 0 unspecified atom stereocenters. The molecule has 0 bridgehead atoms. The van der Waals surface area contributed by atoms with Crippen molar-refractivity contribution in [1.82, 2.24) is 14.6 Å². The van der Waals surface area contributed by atoms with Gasteiger partial charge in [0.1, 0.15) is 0 Å². The number of aryl methyl sites for hydroxylation is 1. The molecular weight excluding hydrogens is 442 g/mol. The summed E-state index contributed by atoms with van der Waals surface area (Å²) in [6.07, 6.45) is 2.83. The number of amides is 1. The van der Waals surface area contributed by atoms with E-state index in [1.54, 1.807) is 18.3 Å². The first-order valence-corrected chi connectivity index (χ1v) is 12.0. The van der Waals surface area contributed by atoms with Crippen molar-refractivity contribution in [2.75, 3.05) is 18.8 Å². The maximum Gasteiger partial charge on any atom is 0.405 e. The fourth-order valence-electron chi connectivity index (χ4n) is 3.49. The van der Waals surface area contributed by atoms with Gasteiger partial charge in [0.25, 0.3) is 0 Å². The molecule has 1 fully saturated rings. The number of benzene rings is 1. The Morgan fingerprint density at radius 1 is 1.35 bits per heavy atom. The molecule has 2 aromatic rings. The van der Waals surface area contributed by atoms with Crippen molar-refractivity contribution in [2.45, 2.75) is 38.5 Å². The molecule has 1 aromatic carbocycles. The largest absolute Gasteiger partial charge is 0.465 e. The summed E-state index contributed by atoms with van der Waals surface area (Å²) in [7, 11) is -3.67. The van der Waals surface area contributed by atoms with Crippen LogP contribution in [0.2, 0.25) is 5.02 Å². The highest BCUT2D eigenvalue weighted by molar-refractivity contribution is 7.89. The summed E-state index contributed by atoms with van der Waals surface area (Å²) < 4.78 is 33.2. The molecule has 1 saturated heterocycles. The van der Waals surface area contributed by atoms with Gasteiger partial charge in [0, 0.05) is 30.5 Å². The molecule has 0 aliphatic carbocycles. The van der Waals surface area contributed by atoms with E-state index in [0.29, 0.717) is 43.1 Å². The molecule has 1 aliphatic rings. The SMILES string of the molecule is Cc1ccc(COC2CCN(S(=O)(=O)C[C@H](NC(=O)O)c3cccnc3)CC2)cc1Cl. The van der Waals surface area contributed by atoms with Crippen LogP contribution in [0.1, 0.15) is 35.6 Å². The van der Waals surface area contributed by atoms with Crippen molar-refractivity contribution in [1.29, 1.82) is 0 Å². The average Bonchev–Trinajstić information content (AvgIpc) is 2.74. The molecular formula is C21H26ClN3O5S. The van der Waals surface area contributed by atoms with Crippen LogP contribution in [-0.2, 0) is 21.4 Å². The highest BCUT2D eigenvalue weighted by Crippen LogP contribution is 2.23. The molecule has 1 aromatic heterocycles. The first-order chi connectivity index (χ1) is 14.7. The van der Waals surface area contributed by atoms with Crippen molar-refractivity contribution in [3.63, 3.8) is 0 Å². The second kappa shape index (κ2) is 10.4. The summed E-state index contributed by atoms with van der Waals surface area (Å²) in [5.74, 6) is -0.363. The minimum Gasteiger partial charge on any atom is -0.465 e. The van der Waals surface area contributed by atoms with E-state index < -0.39 is 22.2 Å². The predicted octanol–water partition coefficient (Wildman–Crippen LogP) is 3.36. The Labute approximate surface area is 187 Å². The third-order valence-corrected chi connectivity index (χ3v) is 7.59. The molecule has 1 atom stereocenters. The van der Waals surface area contributed by atoms with Gasteiger partial charge in [-0.2, -0.15) is 0 Å². The minimum absolute atomic E-state index is 0.0437. The van der Waals surface area contributed by atoms with E-state index in [0.717, 1.165) is 11.1 Å². The Morgan fingerprint density at radius 2 is 2.10 bits per heavy atom. The van der Waals surface area contributed by atoms with Crippen LogP contribution in [0.5, 0.6) is 0 Å². The zero-order valence-electron chi connectivity index (χ0n) is 17.2. The van der Waals surface area contributed by atoms with Crippen LogP contribution in [0.4, 0.5) is 4.79 Å². The molecule has 8 nitrogen and oxygen atoms in total. The lowest BCUT2D eigenvalue weighted by Crippen LogP contribution is -2.44. The maximum absolute atomic E-state index is 12.9. The van der Waals surface area contributed by atoms with Gasteiger partial charge in [0.2, 0.25) is 10.0 Å². The number of piperidine rings is 1. The lowest BCUT2D eigenvalue weighted by molar-refractivity contribution is 0.0102. The summed E-state index contributed by atoms with van der Waals surface area (Å²) in [6, 6.07) is 8.19. The number of aromatic nitrogens is 1. The van der Waals surface area contributed by atoms with Gasteiger partial charge in [-0.25, -0.2) is 17.5 Å². The standard InChI is InChI=1S/C21H26ClN3O5S/c1-15-4-5-16(11-19(15)22)13-30-18-6-9-25(10-7-18)31(28,29)14-20(24-21(26)27)17-3-2-8-23-12-17/h2-5,8,11-12,18,20,24H,6-7,9-10,13-14H2,1H3,(H,26,27)/t20-/m0/s1. The Hall–Kier alpha value is -2.20. The number of halogens is 1. The summed E-state index contributed by atoms with van der Waals surface area (Å²) in [5, 5.41) is 12.1. The van der Waals surface area contributed by atoms with Gasteiger partial charge in [-0.05, 0) is 48.6 Å². The number of rotatable bonds is 8. The normalized spacial score (nSPS) is 16.7. The number of hydrogen-bond acceptors (Lipinski definition) is 5. The van der Waals surface area contributed by atoms with E-state index in [1.165, 1.54) is 10.5 Å². The summed E-state index contributed by atoms with van der Waals surface area (Å²) in [5.41, 5.74) is 2.49. The summed E-state index contributed by atoms with van der Waals surface area (Å²) in [4.78, 5) is 15.1. The van der Waals surface area contributed by atoms with Gasteiger partial charge in [-0.3, -0.25) is 4.98 Å². The van der Waals surface area contributed by atoms with Crippen molar-refractivity contribution in [3.8, 4) is 0 Å². The number of hydrogen-bond donors (Lipinski definition) is 2. The second-order valence-electron chi connectivity index (χ2n) is 7.56. The van der Waals surface area contributed by atoms with Gasteiger partial charge in [-0.15, -0.1) is 0 Å². The lowest BCUT2D eigenvalue weighted by Gasteiger charge is -2.32. The number of carbonyl (C=O) groups is 1. The van der Waals surface area contributed by atoms with Crippen molar-refractivity contribution >= 4 is 27.7 Å². The Morgan fingerprint density at radius 3 is 2.71 bits per heavy atom. The van der Waals surface area contributed by atoms with E-state index in [2.05, 4.69) is 10.3 Å². The van der Waals surface area contributed by atoms with Crippen LogP contribution < -0.4 is 5.32 Å². The van der Waals surface area contributed by atoms with E-state index >= 15 is 0 Å². The van der Waals surface area contributed by atoms with Crippen LogP contribution in [0.25, 0.3) is 0 Å². The number of carboxylic acid groups (broad SMARTS) is 1. The van der Waals surface area contributed by atoms with E-state index in [9.17, 15) is 13.2 Å². The van der Waals surface area contributed by atoms with Crippen LogP contribution in [0.15, 0.2) is 42.7 Å². The molecule has 168 valence electrons. The number of sulfonamides is 1. The van der Waals surface area contributed by atoms with Gasteiger partial charge in [0.05, 0.1) is 24.5 Å². The molecule has 0 radical (unpaired) electrons. The topological polar surface area (TPSA) is 109 Å². The Kier molecular flexibility index (Phi) is 7.88. The minimum atomic E-state index is -3.67. The van der Waals surface area contributed by atoms with Crippen LogP contribution in [0.3, 0.4) is 0 Å². The molecule has 1 amide bonds.